The Morgan fingerprint density at radius 3 is 2.60 bits per heavy atom. The van der Waals surface area contributed by atoms with E-state index >= 15 is 0 Å². The molecular formula is C15H14ClN3O. The first-order valence-electron chi connectivity index (χ1n) is 6.14. The maximum absolute atomic E-state index is 8.70. The Morgan fingerprint density at radius 2 is 2.00 bits per heavy atom. The SMILES string of the molecule is CN(CCOc1ccc(Cl)cc1)c1ccc(C#N)nc1. The molecule has 2 rings (SSSR count). The molecule has 0 aliphatic heterocycles. The van der Waals surface area contributed by atoms with Crippen LogP contribution in [0.5, 0.6) is 5.75 Å². The fourth-order valence-electron chi connectivity index (χ4n) is 1.64. The highest BCUT2D eigenvalue weighted by atomic mass is 35.5. The highest BCUT2D eigenvalue weighted by molar-refractivity contribution is 6.30. The van der Waals surface area contributed by atoms with Crippen molar-refractivity contribution >= 4 is 17.3 Å². The normalized spacial score (nSPS) is 9.85. The van der Waals surface area contributed by atoms with E-state index in [2.05, 4.69) is 4.98 Å². The first-order chi connectivity index (χ1) is 9.69. The van der Waals surface area contributed by atoms with Crippen LogP contribution in [0.4, 0.5) is 5.69 Å². The summed E-state index contributed by atoms with van der Waals surface area (Å²) in [5, 5.41) is 9.39. The summed E-state index contributed by atoms with van der Waals surface area (Å²) in [5.41, 5.74) is 1.36. The van der Waals surface area contributed by atoms with Crippen LogP contribution in [-0.4, -0.2) is 25.2 Å². The van der Waals surface area contributed by atoms with Gasteiger partial charge in [0.25, 0.3) is 0 Å². The molecule has 5 heteroatoms. The minimum absolute atomic E-state index is 0.416. The fraction of sp³-hybridized carbons (Fsp3) is 0.200. The number of nitrogens with zero attached hydrogens (tertiary/aromatic N) is 3. The number of halogens is 1. The van der Waals surface area contributed by atoms with E-state index in [1.165, 1.54) is 0 Å². The van der Waals surface area contributed by atoms with Gasteiger partial charge in [0.05, 0.1) is 18.4 Å². The van der Waals surface area contributed by atoms with Crippen LogP contribution in [0.1, 0.15) is 5.69 Å². The topological polar surface area (TPSA) is 49.1 Å². The lowest BCUT2D eigenvalue weighted by Gasteiger charge is -2.19. The number of hydrogen-bond donors (Lipinski definition) is 0. The second-order valence-corrected chi connectivity index (χ2v) is 4.67. The van der Waals surface area contributed by atoms with Crippen molar-refractivity contribution in [3.63, 3.8) is 0 Å². The van der Waals surface area contributed by atoms with Gasteiger partial charge in [0, 0.05) is 12.1 Å². The fourth-order valence-corrected chi connectivity index (χ4v) is 1.76. The second kappa shape index (κ2) is 6.78. The van der Waals surface area contributed by atoms with Crippen molar-refractivity contribution in [2.24, 2.45) is 0 Å². The van der Waals surface area contributed by atoms with E-state index in [0.29, 0.717) is 17.3 Å². The highest BCUT2D eigenvalue weighted by Gasteiger charge is 2.02. The number of ether oxygens (including phenoxy) is 1. The Kier molecular flexibility index (Phi) is 4.80. The molecule has 4 nitrogen and oxygen atoms in total. The smallest absolute Gasteiger partial charge is 0.140 e. The van der Waals surface area contributed by atoms with Gasteiger partial charge in [-0.15, -0.1) is 0 Å². The summed E-state index contributed by atoms with van der Waals surface area (Å²) in [6, 6.07) is 12.8. The summed E-state index contributed by atoms with van der Waals surface area (Å²) in [5.74, 6) is 0.792. The Labute approximate surface area is 123 Å². The van der Waals surface area contributed by atoms with Crippen molar-refractivity contribution in [2.45, 2.75) is 0 Å². The Morgan fingerprint density at radius 1 is 1.25 bits per heavy atom. The number of rotatable bonds is 5. The summed E-state index contributed by atoms with van der Waals surface area (Å²) in [6.07, 6.45) is 1.68. The third-order valence-corrected chi connectivity index (χ3v) is 3.06. The Bertz CT molecular complexity index is 590. The summed E-state index contributed by atoms with van der Waals surface area (Å²) in [4.78, 5) is 6.05. The second-order valence-electron chi connectivity index (χ2n) is 4.24. The van der Waals surface area contributed by atoms with Gasteiger partial charge in [0.2, 0.25) is 0 Å². The summed E-state index contributed by atoms with van der Waals surface area (Å²) in [6.45, 7) is 1.27. The Hall–Kier alpha value is -2.25. The van der Waals surface area contributed by atoms with Crippen LogP contribution in [0.15, 0.2) is 42.6 Å². The lowest BCUT2D eigenvalue weighted by molar-refractivity contribution is 0.326. The van der Waals surface area contributed by atoms with Crippen LogP contribution in [0.25, 0.3) is 0 Å². The first kappa shape index (κ1) is 14.2. The molecule has 0 amide bonds. The molecule has 1 heterocycles. The van der Waals surface area contributed by atoms with Crippen LogP contribution in [0, 0.1) is 11.3 Å². The third-order valence-electron chi connectivity index (χ3n) is 2.81. The van der Waals surface area contributed by atoms with E-state index in [0.717, 1.165) is 18.0 Å². The number of nitriles is 1. The lowest BCUT2D eigenvalue weighted by atomic mass is 10.3. The van der Waals surface area contributed by atoms with Crippen molar-refractivity contribution in [1.82, 2.24) is 4.98 Å². The number of likely N-dealkylation sites (N-methyl/N-ethyl adjacent to an activating group) is 1. The highest BCUT2D eigenvalue weighted by Crippen LogP contribution is 2.16. The van der Waals surface area contributed by atoms with Gasteiger partial charge in [-0.1, -0.05) is 11.6 Å². The number of hydrogen-bond acceptors (Lipinski definition) is 4. The lowest BCUT2D eigenvalue weighted by Crippen LogP contribution is -2.23. The van der Waals surface area contributed by atoms with Crippen LogP contribution in [0.3, 0.4) is 0 Å². The minimum atomic E-state index is 0.416. The minimum Gasteiger partial charge on any atom is -0.492 e. The monoisotopic (exact) mass is 287 g/mol. The van der Waals surface area contributed by atoms with Gasteiger partial charge in [-0.05, 0) is 36.4 Å². The molecule has 0 aliphatic rings. The number of aromatic nitrogens is 1. The molecular weight excluding hydrogens is 274 g/mol. The molecule has 0 atom stereocenters. The zero-order valence-corrected chi connectivity index (χ0v) is 11.8. The third kappa shape index (κ3) is 3.87. The van der Waals surface area contributed by atoms with Gasteiger partial charge in [-0.3, -0.25) is 0 Å². The molecule has 0 saturated carbocycles. The molecule has 0 aliphatic carbocycles. The quantitative estimate of drug-likeness (QED) is 0.848. The van der Waals surface area contributed by atoms with E-state index in [4.69, 9.17) is 21.6 Å². The van der Waals surface area contributed by atoms with Crippen LogP contribution in [-0.2, 0) is 0 Å². The maximum atomic E-state index is 8.70. The molecule has 0 saturated heterocycles. The molecule has 0 N–H and O–H groups in total. The van der Waals surface area contributed by atoms with Crippen LogP contribution < -0.4 is 9.64 Å². The standard InChI is InChI=1S/C15H14ClN3O/c1-19(14-5-4-13(10-17)18-11-14)8-9-20-15-6-2-12(16)3-7-15/h2-7,11H,8-9H2,1H3. The van der Waals surface area contributed by atoms with Gasteiger partial charge in [-0.2, -0.15) is 5.26 Å². The first-order valence-corrected chi connectivity index (χ1v) is 6.52. The van der Waals surface area contributed by atoms with E-state index in [9.17, 15) is 0 Å². The predicted octanol–water partition coefficient (Wildman–Crippen LogP) is 3.12. The van der Waals surface area contributed by atoms with Gasteiger partial charge >= 0.3 is 0 Å². The summed E-state index contributed by atoms with van der Waals surface area (Å²) >= 11 is 5.81. The van der Waals surface area contributed by atoms with Crippen LogP contribution >= 0.6 is 11.6 Å². The molecule has 0 radical (unpaired) electrons. The molecule has 1 aromatic carbocycles. The van der Waals surface area contributed by atoms with Gasteiger partial charge in [-0.25, -0.2) is 4.98 Å². The van der Waals surface area contributed by atoms with E-state index in [1.807, 2.05) is 36.2 Å². The van der Waals surface area contributed by atoms with E-state index < -0.39 is 0 Å². The zero-order chi connectivity index (χ0) is 14.4. The van der Waals surface area contributed by atoms with E-state index in [1.54, 1.807) is 24.4 Å². The van der Waals surface area contributed by atoms with Crippen molar-refractivity contribution < 1.29 is 4.74 Å². The molecule has 20 heavy (non-hydrogen) atoms. The van der Waals surface area contributed by atoms with Crippen molar-refractivity contribution in [3.8, 4) is 11.8 Å². The summed E-state index contributed by atoms with van der Waals surface area (Å²) < 4.78 is 5.62. The molecule has 0 bridgehead atoms. The van der Waals surface area contributed by atoms with Gasteiger partial charge in [0.1, 0.15) is 24.1 Å². The maximum Gasteiger partial charge on any atom is 0.140 e. The number of benzene rings is 1. The molecule has 0 unspecified atom stereocenters. The van der Waals surface area contributed by atoms with Gasteiger partial charge < -0.3 is 9.64 Å². The zero-order valence-electron chi connectivity index (χ0n) is 11.1. The largest absolute Gasteiger partial charge is 0.492 e. The molecule has 2 aromatic rings. The average molecular weight is 288 g/mol. The van der Waals surface area contributed by atoms with Crippen molar-refractivity contribution in [1.29, 1.82) is 5.26 Å². The number of anilines is 1. The average Bonchev–Trinajstić information content (AvgIpc) is 2.49. The molecule has 0 spiro atoms. The summed E-state index contributed by atoms with van der Waals surface area (Å²) in [7, 11) is 1.95. The van der Waals surface area contributed by atoms with Crippen molar-refractivity contribution in [2.75, 3.05) is 25.1 Å². The molecule has 1 aromatic heterocycles. The number of pyridine rings is 1. The van der Waals surface area contributed by atoms with Gasteiger partial charge in [0.15, 0.2) is 0 Å². The molecule has 102 valence electrons. The van der Waals surface area contributed by atoms with E-state index in [-0.39, 0.29) is 0 Å². The van der Waals surface area contributed by atoms with Crippen LogP contribution in [0.2, 0.25) is 5.02 Å². The molecule has 0 fully saturated rings. The Balaban J connectivity index is 1.84. The van der Waals surface area contributed by atoms with Crippen molar-refractivity contribution in [3.05, 3.63) is 53.3 Å². The predicted molar refractivity (Wildman–Crippen MR) is 79.2 cm³/mol.